The van der Waals surface area contributed by atoms with Crippen molar-refractivity contribution in [2.45, 2.75) is 19.4 Å². The average molecular weight is 304 g/mol. The van der Waals surface area contributed by atoms with Gasteiger partial charge in [0.15, 0.2) is 0 Å². The van der Waals surface area contributed by atoms with E-state index < -0.39 is 6.04 Å². The SMILES string of the molecule is COCCCOc1cccc(NC(=O)[C@H](C)n2cncn2)c1. The van der Waals surface area contributed by atoms with Crippen molar-refractivity contribution in [1.82, 2.24) is 14.8 Å². The summed E-state index contributed by atoms with van der Waals surface area (Å²) in [5, 5.41) is 6.80. The molecule has 2 rings (SSSR count). The Hall–Kier alpha value is -2.41. The van der Waals surface area contributed by atoms with Gasteiger partial charge in [0.1, 0.15) is 24.4 Å². The van der Waals surface area contributed by atoms with Crippen molar-refractivity contribution in [2.24, 2.45) is 0 Å². The molecule has 0 radical (unpaired) electrons. The zero-order valence-electron chi connectivity index (χ0n) is 12.7. The third-order valence-corrected chi connectivity index (χ3v) is 3.08. The second-order valence-electron chi connectivity index (χ2n) is 4.76. The van der Waals surface area contributed by atoms with Gasteiger partial charge in [-0.2, -0.15) is 5.10 Å². The van der Waals surface area contributed by atoms with Crippen molar-refractivity contribution < 1.29 is 14.3 Å². The minimum atomic E-state index is -0.436. The van der Waals surface area contributed by atoms with E-state index in [0.717, 1.165) is 6.42 Å². The second-order valence-corrected chi connectivity index (χ2v) is 4.76. The van der Waals surface area contributed by atoms with Crippen LogP contribution in [0.25, 0.3) is 0 Å². The zero-order valence-corrected chi connectivity index (χ0v) is 12.7. The standard InChI is InChI=1S/C15H20N4O3/c1-12(19-11-16-10-17-19)15(20)18-13-5-3-6-14(9-13)22-8-4-7-21-2/h3,5-6,9-12H,4,7-8H2,1-2H3,(H,18,20)/t12-/m0/s1. The summed E-state index contributed by atoms with van der Waals surface area (Å²) >= 11 is 0. The Morgan fingerprint density at radius 3 is 3.00 bits per heavy atom. The van der Waals surface area contributed by atoms with Crippen molar-refractivity contribution >= 4 is 11.6 Å². The highest BCUT2D eigenvalue weighted by Gasteiger charge is 2.15. The molecule has 0 spiro atoms. The van der Waals surface area contributed by atoms with Crippen LogP contribution < -0.4 is 10.1 Å². The number of hydrogen-bond acceptors (Lipinski definition) is 5. The number of carbonyl (C=O) groups excluding carboxylic acids is 1. The summed E-state index contributed by atoms with van der Waals surface area (Å²) in [4.78, 5) is 16.0. The van der Waals surface area contributed by atoms with Gasteiger partial charge in [0.05, 0.1) is 6.61 Å². The zero-order chi connectivity index (χ0) is 15.8. The Labute approximate surface area is 129 Å². The maximum Gasteiger partial charge on any atom is 0.249 e. The number of methoxy groups -OCH3 is 1. The molecule has 0 bridgehead atoms. The van der Waals surface area contributed by atoms with Gasteiger partial charge in [-0.05, 0) is 19.1 Å². The maximum absolute atomic E-state index is 12.2. The monoisotopic (exact) mass is 304 g/mol. The van der Waals surface area contributed by atoms with Gasteiger partial charge in [-0.25, -0.2) is 9.67 Å². The molecule has 0 fully saturated rings. The first-order valence-corrected chi connectivity index (χ1v) is 7.07. The molecule has 1 amide bonds. The molecule has 7 nitrogen and oxygen atoms in total. The summed E-state index contributed by atoms with van der Waals surface area (Å²) in [5.41, 5.74) is 0.682. The number of benzene rings is 1. The summed E-state index contributed by atoms with van der Waals surface area (Å²) < 4.78 is 12.1. The van der Waals surface area contributed by atoms with E-state index in [-0.39, 0.29) is 5.91 Å². The largest absolute Gasteiger partial charge is 0.493 e. The summed E-state index contributed by atoms with van der Waals surface area (Å²) in [6, 6.07) is 6.85. The van der Waals surface area contributed by atoms with Crippen LogP contribution in [0.1, 0.15) is 19.4 Å². The molecular weight excluding hydrogens is 284 g/mol. The molecule has 1 aromatic carbocycles. The van der Waals surface area contributed by atoms with Gasteiger partial charge in [-0.15, -0.1) is 0 Å². The smallest absolute Gasteiger partial charge is 0.249 e. The van der Waals surface area contributed by atoms with Crippen LogP contribution in [0.5, 0.6) is 5.75 Å². The molecule has 1 aromatic heterocycles. The third kappa shape index (κ3) is 4.56. The predicted molar refractivity (Wildman–Crippen MR) is 81.8 cm³/mol. The quantitative estimate of drug-likeness (QED) is 0.754. The third-order valence-electron chi connectivity index (χ3n) is 3.08. The maximum atomic E-state index is 12.2. The molecule has 0 aliphatic rings. The van der Waals surface area contributed by atoms with Gasteiger partial charge in [-0.3, -0.25) is 4.79 Å². The highest BCUT2D eigenvalue weighted by atomic mass is 16.5. The van der Waals surface area contributed by atoms with E-state index in [4.69, 9.17) is 9.47 Å². The minimum absolute atomic E-state index is 0.165. The van der Waals surface area contributed by atoms with Gasteiger partial charge < -0.3 is 14.8 Å². The van der Waals surface area contributed by atoms with Crippen LogP contribution in [0.2, 0.25) is 0 Å². The highest BCUT2D eigenvalue weighted by Crippen LogP contribution is 2.18. The number of hydrogen-bond donors (Lipinski definition) is 1. The normalized spacial score (nSPS) is 11.9. The number of nitrogens with zero attached hydrogens (tertiary/aromatic N) is 3. The average Bonchev–Trinajstić information content (AvgIpc) is 3.05. The number of amides is 1. The summed E-state index contributed by atoms with van der Waals surface area (Å²) in [6.45, 7) is 2.99. The topological polar surface area (TPSA) is 78.3 Å². The van der Waals surface area contributed by atoms with E-state index in [2.05, 4.69) is 15.4 Å². The first-order valence-electron chi connectivity index (χ1n) is 7.07. The number of ether oxygens (including phenoxy) is 2. The molecule has 7 heteroatoms. The van der Waals surface area contributed by atoms with Gasteiger partial charge >= 0.3 is 0 Å². The van der Waals surface area contributed by atoms with E-state index in [1.54, 1.807) is 20.1 Å². The minimum Gasteiger partial charge on any atom is -0.493 e. The highest BCUT2D eigenvalue weighted by molar-refractivity contribution is 5.93. The van der Waals surface area contributed by atoms with Crippen LogP contribution in [0, 0.1) is 0 Å². The first-order chi connectivity index (χ1) is 10.7. The number of anilines is 1. The predicted octanol–water partition coefficient (Wildman–Crippen LogP) is 1.89. The summed E-state index contributed by atoms with van der Waals surface area (Å²) in [6.07, 6.45) is 3.73. The second kappa shape index (κ2) is 8.14. The molecule has 1 atom stereocenters. The molecule has 1 N–H and O–H groups in total. The summed E-state index contributed by atoms with van der Waals surface area (Å²) in [5.74, 6) is 0.546. The Morgan fingerprint density at radius 2 is 2.27 bits per heavy atom. The van der Waals surface area contributed by atoms with Crippen LogP contribution in [-0.2, 0) is 9.53 Å². The van der Waals surface area contributed by atoms with E-state index >= 15 is 0 Å². The number of rotatable bonds is 8. The van der Waals surface area contributed by atoms with Crippen molar-refractivity contribution in [3.8, 4) is 5.75 Å². The van der Waals surface area contributed by atoms with Gasteiger partial charge in [-0.1, -0.05) is 6.07 Å². The van der Waals surface area contributed by atoms with Crippen molar-refractivity contribution in [3.05, 3.63) is 36.9 Å². The lowest BCUT2D eigenvalue weighted by Gasteiger charge is -2.13. The molecular formula is C15H20N4O3. The number of aromatic nitrogens is 3. The molecule has 0 aliphatic carbocycles. The molecule has 118 valence electrons. The molecule has 0 unspecified atom stereocenters. The van der Waals surface area contributed by atoms with Crippen LogP contribution >= 0.6 is 0 Å². The molecule has 2 aromatic rings. The van der Waals surface area contributed by atoms with E-state index in [1.165, 1.54) is 17.3 Å². The Kier molecular flexibility index (Phi) is 5.91. The van der Waals surface area contributed by atoms with E-state index in [9.17, 15) is 4.79 Å². The Morgan fingerprint density at radius 1 is 1.41 bits per heavy atom. The van der Waals surface area contributed by atoms with Crippen LogP contribution in [0.15, 0.2) is 36.9 Å². The van der Waals surface area contributed by atoms with Crippen molar-refractivity contribution in [3.63, 3.8) is 0 Å². The van der Waals surface area contributed by atoms with Crippen molar-refractivity contribution in [2.75, 3.05) is 25.6 Å². The number of nitrogens with one attached hydrogen (secondary N) is 1. The lowest BCUT2D eigenvalue weighted by molar-refractivity contribution is -0.119. The van der Waals surface area contributed by atoms with Gasteiger partial charge in [0.25, 0.3) is 0 Å². The first kappa shape index (κ1) is 16.0. The van der Waals surface area contributed by atoms with Crippen LogP contribution in [-0.4, -0.2) is 41.0 Å². The fourth-order valence-electron chi connectivity index (χ4n) is 1.84. The fourth-order valence-corrected chi connectivity index (χ4v) is 1.84. The molecule has 22 heavy (non-hydrogen) atoms. The lowest BCUT2D eigenvalue weighted by Crippen LogP contribution is -2.24. The molecule has 0 aliphatic heterocycles. The van der Waals surface area contributed by atoms with E-state index in [1.807, 2.05) is 18.2 Å². The van der Waals surface area contributed by atoms with E-state index in [0.29, 0.717) is 24.7 Å². The van der Waals surface area contributed by atoms with Gasteiger partial charge in [0, 0.05) is 31.9 Å². The lowest BCUT2D eigenvalue weighted by atomic mass is 10.2. The Balaban J connectivity index is 1.90. The molecule has 0 saturated carbocycles. The molecule has 1 heterocycles. The van der Waals surface area contributed by atoms with Crippen LogP contribution in [0.3, 0.4) is 0 Å². The van der Waals surface area contributed by atoms with Crippen LogP contribution in [0.4, 0.5) is 5.69 Å². The fraction of sp³-hybridized carbons (Fsp3) is 0.400. The van der Waals surface area contributed by atoms with Gasteiger partial charge in [0.2, 0.25) is 5.91 Å². The molecule has 0 saturated heterocycles. The Bertz CT molecular complexity index is 586. The summed E-state index contributed by atoms with van der Waals surface area (Å²) in [7, 11) is 1.66. The van der Waals surface area contributed by atoms with Crippen molar-refractivity contribution in [1.29, 1.82) is 0 Å². The number of carbonyl (C=O) groups is 1.